The second-order valence-electron chi connectivity index (χ2n) is 5.86. The normalized spacial score (nSPS) is 47.5. The minimum atomic E-state index is -0.804. The molecule has 0 unspecified atom stereocenters. The van der Waals surface area contributed by atoms with Crippen LogP contribution in [0, 0.1) is 23.2 Å². The standard InChI is InChI=1S/C12H16Cl2O/c13-11(14)10(15)12-4-7-1-8(5-12)3-9(2-7)6-12/h7-9,11H,1-6H2. The summed E-state index contributed by atoms with van der Waals surface area (Å²) in [4.78, 5) is 11.3. The van der Waals surface area contributed by atoms with Crippen LogP contribution >= 0.6 is 23.2 Å². The van der Waals surface area contributed by atoms with Crippen LogP contribution in [0.15, 0.2) is 0 Å². The molecular formula is C12H16Cl2O. The Morgan fingerprint density at radius 3 is 1.73 bits per heavy atom. The number of carbonyl (C=O) groups excluding carboxylic acids is 1. The molecule has 4 bridgehead atoms. The molecular weight excluding hydrogens is 231 g/mol. The summed E-state index contributed by atoms with van der Waals surface area (Å²) in [7, 11) is 0. The first-order valence-corrected chi connectivity index (χ1v) is 6.79. The number of Topliss-reactive ketones (excluding diaryl/α,β-unsaturated/α-hetero) is 1. The summed E-state index contributed by atoms with van der Waals surface area (Å²) in [6.07, 6.45) is 7.24. The van der Waals surface area contributed by atoms with Gasteiger partial charge in [0.1, 0.15) is 0 Å². The van der Waals surface area contributed by atoms with E-state index in [0.717, 1.165) is 37.0 Å². The lowest BCUT2D eigenvalue weighted by atomic mass is 9.48. The Labute approximate surface area is 101 Å². The second-order valence-corrected chi connectivity index (χ2v) is 6.96. The molecule has 4 rings (SSSR count). The SMILES string of the molecule is O=C(C(Cl)Cl)C12CC3CC(CC(C3)C1)C2. The number of halogens is 2. The van der Waals surface area contributed by atoms with Crippen LogP contribution < -0.4 is 0 Å². The summed E-state index contributed by atoms with van der Waals surface area (Å²) in [5.41, 5.74) is -0.122. The minimum Gasteiger partial charge on any atom is -0.296 e. The Balaban J connectivity index is 1.90. The van der Waals surface area contributed by atoms with E-state index in [1.807, 2.05) is 0 Å². The van der Waals surface area contributed by atoms with Crippen molar-refractivity contribution >= 4 is 29.0 Å². The molecule has 0 radical (unpaired) electrons. The van der Waals surface area contributed by atoms with Gasteiger partial charge in [-0.2, -0.15) is 0 Å². The van der Waals surface area contributed by atoms with Crippen molar-refractivity contribution in [2.75, 3.05) is 0 Å². The predicted molar refractivity (Wildman–Crippen MR) is 61.1 cm³/mol. The first kappa shape index (κ1) is 10.4. The zero-order chi connectivity index (χ0) is 10.6. The Kier molecular flexibility index (Phi) is 2.34. The molecule has 3 heteroatoms. The van der Waals surface area contributed by atoms with Crippen molar-refractivity contribution in [1.29, 1.82) is 0 Å². The molecule has 0 aromatic heterocycles. The van der Waals surface area contributed by atoms with Crippen LogP contribution in [0.4, 0.5) is 0 Å². The molecule has 0 aromatic rings. The molecule has 0 aliphatic heterocycles. The Morgan fingerprint density at radius 2 is 1.40 bits per heavy atom. The lowest BCUT2D eigenvalue weighted by molar-refractivity contribution is -0.142. The molecule has 1 nitrogen and oxygen atoms in total. The Bertz CT molecular complexity index is 263. The molecule has 0 atom stereocenters. The largest absolute Gasteiger partial charge is 0.296 e. The van der Waals surface area contributed by atoms with E-state index in [4.69, 9.17) is 23.2 Å². The monoisotopic (exact) mass is 246 g/mol. The maximum Gasteiger partial charge on any atom is 0.171 e. The van der Waals surface area contributed by atoms with E-state index in [1.165, 1.54) is 19.3 Å². The van der Waals surface area contributed by atoms with Gasteiger partial charge < -0.3 is 0 Å². The molecule has 0 N–H and O–H groups in total. The van der Waals surface area contributed by atoms with Gasteiger partial charge in [-0.3, -0.25) is 4.79 Å². The fraction of sp³-hybridized carbons (Fsp3) is 0.917. The Hall–Kier alpha value is 0.250. The van der Waals surface area contributed by atoms with Gasteiger partial charge in [-0.15, -0.1) is 0 Å². The van der Waals surface area contributed by atoms with Crippen molar-refractivity contribution < 1.29 is 4.79 Å². The summed E-state index contributed by atoms with van der Waals surface area (Å²) >= 11 is 11.6. The van der Waals surface area contributed by atoms with E-state index in [1.54, 1.807) is 0 Å². The molecule has 4 fully saturated rings. The second kappa shape index (κ2) is 3.37. The molecule has 4 aliphatic rings. The average molecular weight is 247 g/mol. The number of rotatable bonds is 2. The highest BCUT2D eigenvalue weighted by atomic mass is 35.5. The molecule has 0 aromatic carbocycles. The van der Waals surface area contributed by atoms with Crippen molar-refractivity contribution in [2.45, 2.75) is 43.4 Å². The van der Waals surface area contributed by atoms with Crippen LogP contribution in [0.3, 0.4) is 0 Å². The maximum absolute atomic E-state index is 12.1. The van der Waals surface area contributed by atoms with Crippen LogP contribution in [0.2, 0.25) is 0 Å². The highest BCUT2D eigenvalue weighted by molar-refractivity contribution is 6.54. The van der Waals surface area contributed by atoms with Crippen LogP contribution in [0.25, 0.3) is 0 Å². The van der Waals surface area contributed by atoms with Gasteiger partial charge in [0.15, 0.2) is 10.6 Å². The van der Waals surface area contributed by atoms with E-state index in [9.17, 15) is 4.79 Å². The number of alkyl halides is 2. The van der Waals surface area contributed by atoms with Crippen molar-refractivity contribution in [3.8, 4) is 0 Å². The molecule has 15 heavy (non-hydrogen) atoms. The number of ketones is 1. The van der Waals surface area contributed by atoms with Gasteiger partial charge in [0.05, 0.1) is 0 Å². The van der Waals surface area contributed by atoms with Crippen molar-refractivity contribution in [3.63, 3.8) is 0 Å². The third kappa shape index (κ3) is 1.54. The zero-order valence-corrected chi connectivity index (χ0v) is 10.2. The minimum absolute atomic E-state index is 0.116. The summed E-state index contributed by atoms with van der Waals surface area (Å²) in [6.45, 7) is 0. The van der Waals surface area contributed by atoms with Crippen LogP contribution in [-0.4, -0.2) is 10.6 Å². The lowest BCUT2D eigenvalue weighted by Crippen LogP contribution is -2.51. The highest BCUT2D eigenvalue weighted by Crippen LogP contribution is 2.60. The summed E-state index contributed by atoms with van der Waals surface area (Å²) in [5, 5.41) is 0. The van der Waals surface area contributed by atoms with E-state index in [-0.39, 0.29) is 11.2 Å². The van der Waals surface area contributed by atoms with Crippen LogP contribution in [-0.2, 0) is 4.79 Å². The Morgan fingerprint density at radius 1 is 1.00 bits per heavy atom. The van der Waals surface area contributed by atoms with E-state index >= 15 is 0 Å². The summed E-state index contributed by atoms with van der Waals surface area (Å²) < 4.78 is 0. The van der Waals surface area contributed by atoms with Crippen LogP contribution in [0.5, 0.6) is 0 Å². The highest BCUT2D eigenvalue weighted by Gasteiger charge is 2.55. The van der Waals surface area contributed by atoms with Crippen LogP contribution in [0.1, 0.15) is 38.5 Å². The van der Waals surface area contributed by atoms with Crippen molar-refractivity contribution in [3.05, 3.63) is 0 Å². The fourth-order valence-corrected chi connectivity index (χ4v) is 5.11. The first-order valence-electron chi connectivity index (χ1n) is 5.91. The number of hydrogen-bond acceptors (Lipinski definition) is 1. The molecule has 4 saturated carbocycles. The average Bonchev–Trinajstić information content (AvgIpc) is 2.14. The molecule has 4 aliphatic carbocycles. The molecule has 0 amide bonds. The van der Waals surface area contributed by atoms with Gasteiger partial charge >= 0.3 is 0 Å². The maximum atomic E-state index is 12.1. The molecule has 0 heterocycles. The topological polar surface area (TPSA) is 17.1 Å². The van der Waals surface area contributed by atoms with E-state index in [2.05, 4.69) is 0 Å². The quantitative estimate of drug-likeness (QED) is 0.681. The third-order valence-electron chi connectivity index (χ3n) is 4.76. The summed E-state index contributed by atoms with van der Waals surface area (Å²) in [6, 6.07) is 0. The van der Waals surface area contributed by atoms with Gasteiger partial charge in [-0.05, 0) is 56.3 Å². The summed E-state index contributed by atoms with van der Waals surface area (Å²) in [5.74, 6) is 2.47. The zero-order valence-electron chi connectivity index (χ0n) is 8.72. The predicted octanol–water partition coefficient (Wildman–Crippen LogP) is 3.58. The van der Waals surface area contributed by atoms with Gasteiger partial charge in [0.2, 0.25) is 0 Å². The molecule has 0 saturated heterocycles. The van der Waals surface area contributed by atoms with Crippen molar-refractivity contribution in [1.82, 2.24) is 0 Å². The smallest absolute Gasteiger partial charge is 0.171 e. The van der Waals surface area contributed by atoms with E-state index < -0.39 is 4.84 Å². The van der Waals surface area contributed by atoms with Gasteiger partial charge in [-0.25, -0.2) is 0 Å². The molecule has 84 valence electrons. The number of hydrogen-bond donors (Lipinski definition) is 0. The van der Waals surface area contributed by atoms with E-state index in [0.29, 0.717) is 0 Å². The van der Waals surface area contributed by atoms with Crippen molar-refractivity contribution in [2.24, 2.45) is 23.2 Å². The van der Waals surface area contributed by atoms with Gasteiger partial charge in [0.25, 0.3) is 0 Å². The molecule has 0 spiro atoms. The fourth-order valence-electron chi connectivity index (χ4n) is 4.64. The first-order chi connectivity index (χ1) is 7.09. The third-order valence-corrected chi connectivity index (χ3v) is 5.16. The van der Waals surface area contributed by atoms with Gasteiger partial charge in [0, 0.05) is 5.41 Å². The van der Waals surface area contributed by atoms with Gasteiger partial charge in [-0.1, -0.05) is 23.2 Å². The number of carbonyl (C=O) groups is 1. The lowest BCUT2D eigenvalue weighted by Gasteiger charge is -2.56.